The van der Waals surface area contributed by atoms with E-state index in [2.05, 4.69) is 0 Å². The summed E-state index contributed by atoms with van der Waals surface area (Å²) in [5.41, 5.74) is 2.96. The van der Waals surface area contributed by atoms with Gasteiger partial charge < -0.3 is 14.2 Å². The summed E-state index contributed by atoms with van der Waals surface area (Å²) >= 11 is 0. The first-order chi connectivity index (χ1) is 16.7. The minimum atomic E-state index is -0.579. The Kier molecular flexibility index (Phi) is 7.70. The Hall–Kier alpha value is -4.38. The molecular weight excluding hydrogens is 428 g/mol. The van der Waals surface area contributed by atoms with E-state index < -0.39 is 11.9 Å². The summed E-state index contributed by atoms with van der Waals surface area (Å²) in [7, 11) is 0. The van der Waals surface area contributed by atoms with Crippen molar-refractivity contribution in [2.75, 3.05) is 0 Å². The molecule has 5 nitrogen and oxygen atoms in total. The van der Waals surface area contributed by atoms with Crippen LogP contribution < -0.4 is 4.74 Å². The summed E-state index contributed by atoms with van der Waals surface area (Å²) in [5, 5.41) is 0. The second-order valence-electron chi connectivity index (χ2n) is 7.58. The van der Waals surface area contributed by atoms with Gasteiger partial charge in [0.25, 0.3) is 0 Å². The number of para-hydroxylation sites is 1. The van der Waals surface area contributed by atoms with Crippen LogP contribution in [-0.4, -0.2) is 11.9 Å². The summed E-state index contributed by atoms with van der Waals surface area (Å²) in [6.07, 6.45) is 0. The smallest absolute Gasteiger partial charge is 0.342 e. The number of hydrogen-bond acceptors (Lipinski definition) is 5. The van der Waals surface area contributed by atoms with Crippen LogP contribution in [0.5, 0.6) is 5.75 Å². The molecule has 4 aromatic carbocycles. The van der Waals surface area contributed by atoms with Crippen LogP contribution in [0.2, 0.25) is 0 Å². The number of rotatable bonds is 9. The first kappa shape index (κ1) is 22.8. The van der Waals surface area contributed by atoms with Gasteiger partial charge in [-0.05, 0) is 28.8 Å². The maximum atomic E-state index is 12.9. The minimum absolute atomic E-state index is 0.112. The third-order valence-electron chi connectivity index (χ3n) is 5.11. The minimum Gasteiger partial charge on any atom is -0.487 e. The Morgan fingerprint density at radius 3 is 1.26 bits per heavy atom. The van der Waals surface area contributed by atoms with Gasteiger partial charge in [0.15, 0.2) is 0 Å². The molecule has 0 heterocycles. The van der Waals surface area contributed by atoms with Crippen molar-refractivity contribution in [2.45, 2.75) is 19.8 Å². The molecule has 0 spiro atoms. The molecule has 5 heteroatoms. The monoisotopic (exact) mass is 452 g/mol. The average Bonchev–Trinajstić information content (AvgIpc) is 2.90. The molecule has 0 saturated heterocycles. The molecule has 0 bridgehead atoms. The molecule has 0 amide bonds. The third-order valence-corrected chi connectivity index (χ3v) is 5.11. The van der Waals surface area contributed by atoms with Crippen molar-refractivity contribution in [3.8, 4) is 5.75 Å². The van der Waals surface area contributed by atoms with E-state index in [1.807, 2.05) is 91.0 Å². The zero-order chi connectivity index (χ0) is 23.6. The number of benzene rings is 4. The van der Waals surface area contributed by atoms with E-state index in [4.69, 9.17) is 14.2 Å². The van der Waals surface area contributed by atoms with Gasteiger partial charge in [0.05, 0.1) is 0 Å². The molecule has 4 rings (SSSR count). The van der Waals surface area contributed by atoms with Crippen molar-refractivity contribution in [2.24, 2.45) is 0 Å². The summed E-state index contributed by atoms with van der Waals surface area (Å²) in [6, 6.07) is 33.1. The Balaban J connectivity index is 1.56. The van der Waals surface area contributed by atoms with Gasteiger partial charge in [-0.3, -0.25) is 0 Å². The van der Waals surface area contributed by atoms with Gasteiger partial charge >= 0.3 is 11.9 Å². The molecule has 0 aliphatic rings. The second kappa shape index (κ2) is 11.5. The van der Waals surface area contributed by atoms with Crippen LogP contribution in [0.4, 0.5) is 0 Å². The van der Waals surface area contributed by atoms with E-state index in [0.717, 1.165) is 16.7 Å². The highest BCUT2D eigenvalue weighted by Crippen LogP contribution is 2.28. The number of hydrogen-bond donors (Lipinski definition) is 0. The third kappa shape index (κ3) is 6.11. The van der Waals surface area contributed by atoms with Gasteiger partial charge in [-0.25, -0.2) is 9.59 Å². The zero-order valence-electron chi connectivity index (χ0n) is 18.6. The molecule has 0 aromatic heterocycles. The summed E-state index contributed by atoms with van der Waals surface area (Å²) < 4.78 is 17.0. The van der Waals surface area contributed by atoms with Crippen molar-refractivity contribution in [3.63, 3.8) is 0 Å². The molecule has 0 unspecified atom stereocenters. The molecule has 0 radical (unpaired) electrons. The quantitative estimate of drug-likeness (QED) is 0.292. The molecule has 0 aliphatic heterocycles. The van der Waals surface area contributed by atoms with Crippen molar-refractivity contribution in [3.05, 3.63) is 137 Å². The topological polar surface area (TPSA) is 61.8 Å². The number of ether oxygens (including phenoxy) is 3. The predicted molar refractivity (Wildman–Crippen MR) is 128 cm³/mol. The molecule has 0 fully saturated rings. The van der Waals surface area contributed by atoms with Gasteiger partial charge in [-0.1, -0.05) is 97.1 Å². The Morgan fingerprint density at radius 1 is 0.471 bits per heavy atom. The van der Waals surface area contributed by atoms with Crippen LogP contribution >= 0.6 is 0 Å². The lowest BCUT2D eigenvalue weighted by Crippen LogP contribution is -2.13. The van der Waals surface area contributed by atoms with E-state index in [9.17, 15) is 9.59 Å². The molecule has 170 valence electrons. The zero-order valence-corrected chi connectivity index (χ0v) is 18.6. The fourth-order valence-corrected chi connectivity index (χ4v) is 3.35. The lowest BCUT2D eigenvalue weighted by Gasteiger charge is -2.15. The number of esters is 2. The molecule has 4 aromatic rings. The molecule has 0 saturated carbocycles. The van der Waals surface area contributed by atoms with Crippen LogP contribution in [0.15, 0.2) is 109 Å². The molecule has 0 atom stereocenters. The molecule has 0 aliphatic carbocycles. The van der Waals surface area contributed by atoms with Gasteiger partial charge in [-0.15, -0.1) is 0 Å². The number of carbonyl (C=O) groups excluding carboxylic acids is 2. The van der Waals surface area contributed by atoms with Crippen molar-refractivity contribution in [1.29, 1.82) is 0 Å². The molecule has 0 N–H and O–H groups in total. The van der Waals surface area contributed by atoms with E-state index in [-0.39, 0.29) is 36.7 Å². The van der Waals surface area contributed by atoms with E-state index in [1.54, 1.807) is 18.2 Å². The maximum absolute atomic E-state index is 12.9. The highest BCUT2D eigenvalue weighted by molar-refractivity contribution is 6.00. The van der Waals surface area contributed by atoms with Crippen LogP contribution in [-0.2, 0) is 29.3 Å². The van der Waals surface area contributed by atoms with Gasteiger partial charge in [-0.2, -0.15) is 0 Å². The average molecular weight is 453 g/mol. The van der Waals surface area contributed by atoms with E-state index >= 15 is 0 Å². The van der Waals surface area contributed by atoms with Crippen molar-refractivity contribution < 1.29 is 23.8 Å². The fourth-order valence-electron chi connectivity index (χ4n) is 3.35. The second-order valence-corrected chi connectivity index (χ2v) is 7.58. The lowest BCUT2D eigenvalue weighted by molar-refractivity contribution is 0.0460. The van der Waals surface area contributed by atoms with Crippen LogP contribution in [0, 0.1) is 0 Å². The largest absolute Gasteiger partial charge is 0.487 e. The summed E-state index contributed by atoms with van der Waals surface area (Å²) in [6.45, 7) is 0.406. The van der Waals surface area contributed by atoms with Crippen LogP contribution in [0.3, 0.4) is 0 Å². The standard InChI is InChI=1S/C29H24O5/c30-28(33-20-23-13-6-2-7-14-23)25-17-10-18-26(27(25)32-19-22-11-4-1-5-12-22)29(31)34-21-24-15-8-3-9-16-24/h1-18H,19-21H2. The predicted octanol–water partition coefficient (Wildman–Crippen LogP) is 5.98. The molecular formula is C29H24O5. The van der Waals surface area contributed by atoms with Crippen molar-refractivity contribution in [1.82, 2.24) is 0 Å². The Labute approximate surface area is 198 Å². The number of carbonyl (C=O) groups is 2. The first-order valence-corrected chi connectivity index (χ1v) is 10.9. The Morgan fingerprint density at radius 2 is 0.853 bits per heavy atom. The Bertz CT molecular complexity index is 1150. The first-order valence-electron chi connectivity index (χ1n) is 10.9. The highest BCUT2D eigenvalue weighted by Gasteiger charge is 2.23. The summed E-state index contributed by atoms with van der Waals surface area (Å²) in [5.74, 6) is -1.02. The van der Waals surface area contributed by atoms with E-state index in [0.29, 0.717) is 0 Å². The van der Waals surface area contributed by atoms with E-state index in [1.165, 1.54) is 0 Å². The van der Waals surface area contributed by atoms with Crippen LogP contribution in [0.1, 0.15) is 37.4 Å². The van der Waals surface area contributed by atoms with Gasteiger partial charge in [0.1, 0.15) is 36.7 Å². The lowest BCUT2D eigenvalue weighted by atomic mass is 10.1. The summed E-state index contributed by atoms with van der Waals surface area (Å²) in [4.78, 5) is 25.9. The maximum Gasteiger partial charge on any atom is 0.342 e. The SMILES string of the molecule is O=C(OCc1ccccc1)c1cccc(C(=O)OCc2ccccc2)c1OCc1ccccc1. The van der Waals surface area contributed by atoms with Gasteiger partial charge in [0.2, 0.25) is 0 Å². The highest BCUT2D eigenvalue weighted by atomic mass is 16.5. The normalized spacial score (nSPS) is 10.4. The van der Waals surface area contributed by atoms with Gasteiger partial charge in [0, 0.05) is 0 Å². The fraction of sp³-hybridized carbons (Fsp3) is 0.103. The molecule has 34 heavy (non-hydrogen) atoms. The van der Waals surface area contributed by atoms with Crippen molar-refractivity contribution >= 4 is 11.9 Å². The van der Waals surface area contributed by atoms with Crippen LogP contribution in [0.25, 0.3) is 0 Å².